The van der Waals surface area contributed by atoms with Gasteiger partial charge >= 0.3 is 16.2 Å². The second kappa shape index (κ2) is 12.3. The van der Waals surface area contributed by atoms with E-state index < -0.39 is 45.7 Å². The Kier molecular flexibility index (Phi) is 9.32. The van der Waals surface area contributed by atoms with Crippen LogP contribution in [0.3, 0.4) is 0 Å². The summed E-state index contributed by atoms with van der Waals surface area (Å²) in [4.78, 5) is 42.8. The Bertz CT molecular complexity index is 1520. The first-order chi connectivity index (χ1) is 18.4. The first-order valence-electron chi connectivity index (χ1n) is 11.6. The van der Waals surface area contributed by atoms with Gasteiger partial charge in [0.15, 0.2) is 0 Å². The summed E-state index contributed by atoms with van der Waals surface area (Å²) in [6.45, 7) is 0.0594. The Hall–Kier alpha value is -4.24. The van der Waals surface area contributed by atoms with E-state index in [1.165, 1.54) is 37.5 Å². The standard InChI is InChI=1S/C25H24F2N6O5S.H2S/c1-32(20-6-4-16(5-7-20)22(28)34)24(35)21(13-15-11-18(26)14-19(27)12-15)30-25(36)31-39(37,38)33-10-8-17-3-2-9-29-23(17)33;/h2-7,9,11-12,14,21H,8,10,13H2,1H3,(H2,28,34)(H2,30,31,36);1H2/t21-;/m0./s1. The molecule has 3 aromatic rings. The van der Waals surface area contributed by atoms with Gasteiger partial charge in [-0.15, -0.1) is 0 Å². The Morgan fingerprint density at radius 2 is 1.75 bits per heavy atom. The zero-order valence-corrected chi connectivity index (χ0v) is 22.9. The normalized spacial score (nSPS) is 13.0. The molecule has 0 saturated carbocycles. The molecule has 4 N–H and O–H groups in total. The Labute approximate surface area is 236 Å². The molecule has 1 atom stereocenters. The summed E-state index contributed by atoms with van der Waals surface area (Å²) in [7, 11) is -3.02. The van der Waals surface area contributed by atoms with Gasteiger partial charge in [-0.3, -0.25) is 9.59 Å². The molecule has 40 heavy (non-hydrogen) atoms. The Balaban J connectivity index is 0.00000441. The average Bonchev–Trinajstić information content (AvgIpc) is 3.32. The molecule has 0 bridgehead atoms. The zero-order chi connectivity index (χ0) is 28.3. The van der Waals surface area contributed by atoms with Crippen molar-refractivity contribution >= 4 is 53.1 Å². The Morgan fingerprint density at radius 3 is 2.38 bits per heavy atom. The van der Waals surface area contributed by atoms with Crippen LogP contribution >= 0.6 is 13.5 Å². The van der Waals surface area contributed by atoms with Crippen LogP contribution in [0.4, 0.5) is 25.1 Å². The van der Waals surface area contributed by atoms with Crippen molar-refractivity contribution in [2.75, 3.05) is 22.8 Å². The van der Waals surface area contributed by atoms with Gasteiger partial charge in [0.05, 0.1) is 0 Å². The smallest absolute Gasteiger partial charge is 0.330 e. The van der Waals surface area contributed by atoms with E-state index >= 15 is 0 Å². The van der Waals surface area contributed by atoms with Crippen LogP contribution in [0.2, 0.25) is 0 Å². The van der Waals surface area contributed by atoms with Crippen molar-refractivity contribution < 1.29 is 31.6 Å². The van der Waals surface area contributed by atoms with E-state index in [0.717, 1.165) is 21.3 Å². The number of nitrogens with zero attached hydrogens (tertiary/aromatic N) is 3. The van der Waals surface area contributed by atoms with Gasteiger partial charge < -0.3 is 16.0 Å². The molecule has 0 saturated heterocycles. The van der Waals surface area contributed by atoms with Crippen LogP contribution in [-0.4, -0.2) is 50.9 Å². The van der Waals surface area contributed by atoms with Gasteiger partial charge in [0.1, 0.15) is 23.5 Å². The fraction of sp³-hybridized carbons (Fsp3) is 0.200. The number of rotatable bonds is 8. The highest BCUT2D eigenvalue weighted by atomic mass is 32.2. The van der Waals surface area contributed by atoms with E-state index in [4.69, 9.17) is 5.73 Å². The average molecular weight is 593 g/mol. The van der Waals surface area contributed by atoms with E-state index in [0.29, 0.717) is 23.7 Å². The number of pyridine rings is 1. The molecule has 11 nitrogen and oxygen atoms in total. The number of benzene rings is 2. The fourth-order valence-corrected chi connectivity index (χ4v) is 5.27. The predicted molar refractivity (Wildman–Crippen MR) is 148 cm³/mol. The quantitative estimate of drug-likeness (QED) is 0.362. The number of nitrogens with one attached hydrogen (secondary N) is 2. The topological polar surface area (TPSA) is 155 Å². The van der Waals surface area contributed by atoms with Crippen LogP contribution in [0.1, 0.15) is 21.5 Å². The van der Waals surface area contributed by atoms with E-state index in [1.54, 1.807) is 12.1 Å². The summed E-state index contributed by atoms with van der Waals surface area (Å²) in [5.41, 5.74) is 6.49. The minimum atomic E-state index is -4.40. The van der Waals surface area contributed by atoms with E-state index in [-0.39, 0.29) is 43.4 Å². The van der Waals surface area contributed by atoms with Crippen LogP contribution in [-0.2, 0) is 27.8 Å². The number of likely N-dealkylation sites (N-methyl/N-ethyl adjacent to an activating group) is 1. The molecule has 0 fully saturated rings. The van der Waals surface area contributed by atoms with Gasteiger partial charge in [-0.05, 0) is 60.0 Å². The van der Waals surface area contributed by atoms with Crippen molar-refractivity contribution in [1.29, 1.82) is 0 Å². The number of fused-ring (bicyclic) bond motifs is 1. The molecule has 0 spiro atoms. The van der Waals surface area contributed by atoms with Crippen LogP contribution in [0.15, 0.2) is 60.8 Å². The third-order valence-electron chi connectivity index (χ3n) is 6.04. The van der Waals surface area contributed by atoms with Gasteiger partial charge in [-0.25, -0.2) is 27.6 Å². The van der Waals surface area contributed by atoms with E-state index in [2.05, 4.69) is 10.3 Å². The number of halogens is 2. The molecule has 1 aromatic heterocycles. The van der Waals surface area contributed by atoms with Gasteiger partial charge in [-0.2, -0.15) is 21.9 Å². The van der Waals surface area contributed by atoms with Crippen molar-refractivity contribution in [2.24, 2.45) is 5.73 Å². The van der Waals surface area contributed by atoms with Gasteiger partial charge in [0.25, 0.3) is 0 Å². The Morgan fingerprint density at radius 1 is 1.10 bits per heavy atom. The first kappa shape index (κ1) is 30.3. The summed E-state index contributed by atoms with van der Waals surface area (Å²) in [5, 5.41) is 2.30. The third kappa shape index (κ3) is 6.84. The molecular formula is C25H26F2N6O5S2. The number of aromatic nitrogens is 1. The lowest BCUT2D eigenvalue weighted by Gasteiger charge is -2.26. The number of nitrogens with two attached hydrogens (primary N) is 1. The molecule has 15 heteroatoms. The number of amides is 4. The highest BCUT2D eigenvalue weighted by Gasteiger charge is 2.33. The summed E-state index contributed by atoms with van der Waals surface area (Å²) >= 11 is 0. The summed E-state index contributed by atoms with van der Waals surface area (Å²) in [6, 6.07) is 9.04. The van der Waals surface area contributed by atoms with Crippen molar-refractivity contribution in [3.63, 3.8) is 0 Å². The highest BCUT2D eigenvalue weighted by molar-refractivity contribution is 7.91. The van der Waals surface area contributed by atoms with Crippen molar-refractivity contribution in [3.8, 4) is 0 Å². The molecule has 2 heterocycles. The number of primary amides is 1. The maximum Gasteiger partial charge on any atom is 0.330 e. The molecule has 4 amide bonds. The van der Waals surface area contributed by atoms with Gasteiger partial charge in [0, 0.05) is 43.5 Å². The second-order valence-electron chi connectivity index (χ2n) is 8.73. The number of hydrogen-bond donors (Lipinski definition) is 3. The first-order valence-corrected chi connectivity index (χ1v) is 13.1. The van der Waals surface area contributed by atoms with Gasteiger partial charge in [0.2, 0.25) is 11.8 Å². The minimum absolute atomic E-state index is 0. The maximum absolute atomic E-state index is 13.8. The van der Waals surface area contributed by atoms with E-state index in [9.17, 15) is 31.6 Å². The summed E-state index contributed by atoms with van der Waals surface area (Å²) in [5.74, 6) is -3.00. The highest BCUT2D eigenvalue weighted by Crippen LogP contribution is 2.26. The number of carbonyl (C=O) groups is 3. The maximum atomic E-state index is 13.8. The van der Waals surface area contributed by atoms with Crippen molar-refractivity contribution in [1.82, 2.24) is 15.0 Å². The van der Waals surface area contributed by atoms with Gasteiger partial charge in [-0.1, -0.05) is 6.07 Å². The van der Waals surface area contributed by atoms with Crippen LogP contribution in [0.25, 0.3) is 0 Å². The zero-order valence-electron chi connectivity index (χ0n) is 21.1. The fourth-order valence-electron chi connectivity index (χ4n) is 4.15. The second-order valence-corrected chi connectivity index (χ2v) is 10.3. The number of hydrogen-bond acceptors (Lipinski definition) is 6. The van der Waals surface area contributed by atoms with Crippen LogP contribution in [0.5, 0.6) is 0 Å². The predicted octanol–water partition coefficient (Wildman–Crippen LogP) is 1.75. The molecule has 0 radical (unpaired) electrons. The molecule has 2 aromatic carbocycles. The molecule has 0 aliphatic carbocycles. The largest absolute Gasteiger partial charge is 0.366 e. The lowest BCUT2D eigenvalue weighted by atomic mass is 10.0. The van der Waals surface area contributed by atoms with Crippen molar-refractivity contribution in [3.05, 3.63) is 89.1 Å². The SMILES string of the molecule is CN(C(=O)[C@H](Cc1cc(F)cc(F)c1)NC(=O)NS(=O)(=O)N1CCc2cccnc21)c1ccc(C(N)=O)cc1.S. The summed E-state index contributed by atoms with van der Waals surface area (Å²) < 4.78 is 56.3. The number of carbonyl (C=O) groups excluding carboxylic acids is 3. The van der Waals surface area contributed by atoms with Crippen molar-refractivity contribution in [2.45, 2.75) is 18.9 Å². The van der Waals surface area contributed by atoms with E-state index in [1.807, 2.05) is 4.72 Å². The lowest BCUT2D eigenvalue weighted by molar-refractivity contribution is -0.120. The number of anilines is 2. The molecule has 212 valence electrons. The minimum Gasteiger partial charge on any atom is -0.366 e. The molecular weight excluding hydrogens is 566 g/mol. The monoisotopic (exact) mass is 592 g/mol. The lowest BCUT2D eigenvalue weighted by Crippen LogP contribution is -2.54. The third-order valence-corrected chi connectivity index (χ3v) is 7.41. The van der Waals surface area contributed by atoms with Crippen LogP contribution in [0, 0.1) is 11.6 Å². The number of urea groups is 1. The molecule has 1 aliphatic rings. The summed E-state index contributed by atoms with van der Waals surface area (Å²) in [6.07, 6.45) is 1.46. The van der Waals surface area contributed by atoms with Crippen LogP contribution < -0.4 is 25.0 Å². The molecule has 1 aliphatic heterocycles. The molecule has 0 unspecified atom stereocenters. The molecule has 4 rings (SSSR count).